The Morgan fingerprint density at radius 3 is 2.57 bits per heavy atom. The van der Waals surface area contributed by atoms with Gasteiger partial charge in [0.2, 0.25) is 6.41 Å². The minimum atomic E-state index is -3.33. The third kappa shape index (κ3) is 2.55. The maximum atomic E-state index is 11.3. The fraction of sp³-hybridized carbons (Fsp3) is 0.125. The predicted octanol–water partition coefficient (Wildman–Crippen LogP) is 1.42. The van der Waals surface area contributed by atoms with Crippen LogP contribution in [0.4, 0.5) is 5.69 Å². The van der Waals surface area contributed by atoms with E-state index in [0.717, 1.165) is 6.26 Å². The average molecular weight is 278 g/mol. The molecule has 0 aliphatic carbocycles. The summed E-state index contributed by atoms with van der Waals surface area (Å²) in [7, 11) is -3.33. The Balaban J connectivity index is 3.37. The summed E-state index contributed by atoms with van der Waals surface area (Å²) in [6, 6.07) is 4.62. The van der Waals surface area contributed by atoms with Gasteiger partial charge in [-0.2, -0.15) is 0 Å². The average Bonchev–Trinajstić information content (AvgIpc) is 2.07. The summed E-state index contributed by atoms with van der Waals surface area (Å²) < 4.78 is 23.3. The smallest absolute Gasteiger partial charge is 0.211 e. The van der Waals surface area contributed by atoms with Crippen molar-refractivity contribution in [3.8, 4) is 0 Å². The number of rotatable bonds is 3. The zero-order valence-corrected chi connectivity index (χ0v) is 9.72. The van der Waals surface area contributed by atoms with Crippen LogP contribution in [0.1, 0.15) is 0 Å². The lowest BCUT2D eigenvalue weighted by atomic mass is 10.3. The van der Waals surface area contributed by atoms with Crippen LogP contribution in [0.3, 0.4) is 0 Å². The van der Waals surface area contributed by atoms with Gasteiger partial charge in [-0.3, -0.25) is 4.79 Å². The van der Waals surface area contributed by atoms with Crippen LogP contribution in [0.2, 0.25) is 0 Å². The van der Waals surface area contributed by atoms with E-state index in [1.807, 2.05) is 0 Å². The highest BCUT2D eigenvalue weighted by atomic mass is 79.9. The minimum Gasteiger partial charge on any atom is -0.328 e. The van der Waals surface area contributed by atoms with Crippen LogP contribution in [0.15, 0.2) is 27.6 Å². The fourth-order valence-corrected chi connectivity index (χ4v) is 2.37. The monoisotopic (exact) mass is 277 g/mol. The van der Waals surface area contributed by atoms with Crippen molar-refractivity contribution in [3.63, 3.8) is 0 Å². The lowest BCUT2D eigenvalue weighted by Gasteiger charge is -2.06. The third-order valence-corrected chi connectivity index (χ3v) is 3.19. The molecular formula is C8H8BrNO3S. The van der Waals surface area contributed by atoms with Crippen molar-refractivity contribution in [2.75, 3.05) is 11.6 Å². The molecule has 4 nitrogen and oxygen atoms in total. The Morgan fingerprint density at radius 1 is 1.43 bits per heavy atom. The van der Waals surface area contributed by atoms with Gasteiger partial charge >= 0.3 is 0 Å². The first kappa shape index (κ1) is 11.2. The molecule has 0 fully saturated rings. The van der Waals surface area contributed by atoms with Crippen LogP contribution in [-0.2, 0) is 14.6 Å². The molecule has 1 aromatic carbocycles. The Kier molecular flexibility index (Phi) is 3.28. The van der Waals surface area contributed by atoms with Gasteiger partial charge in [0.25, 0.3) is 0 Å². The molecular weight excluding hydrogens is 270 g/mol. The molecule has 1 rings (SSSR count). The number of halogens is 1. The SMILES string of the molecule is CS(=O)(=O)c1cc(Br)ccc1NC=O. The van der Waals surface area contributed by atoms with E-state index in [1.165, 1.54) is 12.1 Å². The van der Waals surface area contributed by atoms with Gasteiger partial charge < -0.3 is 5.32 Å². The second-order valence-corrected chi connectivity index (χ2v) is 5.57. The molecule has 0 saturated heterocycles. The van der Waals surface area contributed by atoms with E-state index in [9.17, 15) is 13.2 Å². The molecule has 0 aliphatic rings. The number of carbonyl (C=O) groups is 1. The number of benzene rings is 1. The molecule has 1 amide bonds. The Bertz CT molecular complexity index is 456. The maximum absolute atomic E-state index is 11.3. The Hall–Kier alpha value is -0.880. The van der Waals surface area contributed by atoms with Crippen molar-refractivity contribution >= 4 is 37.9 Å². The molecule has 0 spiro atoms. The number of carbonyl (C=O) groups excluding carboxylic acids is 1. The Labute approximate surface area is 90.4 Å². The second-order valence-electron chi connectivity index (χ2n) is 2.67. The number of amides is 1. The summed E-state index contributed by atoms with van der Waals surface area (Å²) in [4.78, 5) is 10.3. The normalized spacial score (nSPS) is 11.0. The molecule has 0 aromatic heterocycles. The van der Waals surface area contributed by atoms with E-state index in [4.69, 9.17) is 0 Å². The second kappa shape index (κ2) is 4.10. The van der Waals surface area contributed by atoms with Crippen molar-refractivity contribution in [2.45, 2.75) is 4.90 Å². The molecule has 1 N–H and O–H groups in total. The van der Waals surface area contributed by atoms with E-state index in [0.29, 0.717) is 10.9 Å². The quantitative estimate of drug-likeness (QED) is 0.850. The molecule has 0 bridgehead atoms. The van der Waals surface area contributed by atoms with E-state index < -0.39 is 9.84 Å². The van der Waals surface area contributed by atoms with Crippen LogP contribution in [0.5, 0.6) is 0 Å². The summed E-state index contributed by atoms with van der Waals surface area (Å²) in [5.74, 6) is 0. The summed E-state index contributed by atoms with van der Waals surface area (Å²) in [6.07, 6.45) is 1.53. The van der Waals surface area contributed by atoms with Crippen molar-refractivity contribution < 1.29 is 13.2 Å². The van der Waals surface area contributed by atoms with Crippen molar-refractivity contribution in [1.82, 2.24) is 0 Å². The highest BCUT2D eigenvalue weighted by molar-refractivity contribution is 9.10. The van der Waals surface area contributed by atoms with Crippen molar-refractivity contribution in [2.24, 2.45) is 0 Å². The van der Waals surface area contributed by atoms with E-state index in [-0.39, 0.29) is 10.6 Å². The molecule has 0 radical (unpaired) electrons. The van der Waals surface area contributed by atoms with E-state index >= 15 is 0 Å². The topological polar surface area (TPSA) is 63.2 Å². The summed E-state index contributed by atoms with van der Waals surface area (Å²) >= 11 is 3.16. The third-order valence-electron chi connectivity index (χ3n) is 1.56. The molecule has 14 heavy (non-hydrogen) atoms. The van der Waals surface area contributed by atoms with Gasteiger partial charge in [-0.25, -0.2) is 8.42 Å². The standard InChI is InChI=1S/C8H8BrNO3S/c1-14(12,13)8-4-6(9)2-3-7(8)10-5-11/h2-5H,1H3,(H,10,11). The molecule has 0 saturated carbocycles. The van der Waals surface area contributed by atoms with Gasteiger partial charge in [0.1, 0.15) is 0 Å². The van der Waals surface area contributed by atoms with Crippen LogP contribution in [0, 0.1) is 0 Å². The molecule has 6 heteroatoms. The van der Waals surface area contributed by atoms with E-state index in [1.54, 1.807) is 6.07 Å². The van der Waals surface area contributed by atoms with Gasteiger partial charge in [0.05, 0.1) is 10.6 Å². The van der Waals surface area contributed by atoms with Gasteiger partial charge in [0.15, 0.2) is 9.84 Å². The largest absolute Gasteiger partial charge is 0.328 e. The van der Waals surface area contributed by atoms with Crippen molar-refractivity contribution in [1.29, 1.82) is 0 Å². The van der Waals surface area contributed by atoms with Gasteiger partial charge in [-0.1, -0.05) is 15.9 Å². The number of hydrogen-bond acceptors (Lipinski definition) is 3. The predicted molar refractivity (Wildman–Crippen MR) is 56.9 cm³/mol. The summed E-state index contributed by atoms with van der Waals surface area (Å²) in [5, 5.41) is 2.33. The van der Waals surface area contributed by atoms with Crippen LogP contribution in [-0.4, -0.2) is 21.1 Å². The van der Waals surface area contributed by atoms with Gasteiger partial charge in [0, 0.05) is 10.7 Å². The highest BCUT2D eigenvalue weighted by Crippen LogP contribution is 2.24. The van der Waals surface area contributed by atoms with Crippen LogP contribution in [0.25, 0.3) is 0 Å². The molecule has 76 valence electrons. The number of hydrogen-bond donors (Lipinski definition) is 1. The number of anilines is 1. The number of nitrogens with one attached hydrogen (secondary N) is 1. The molecule has 0 atom stereocenters. The molecule has 0 heterocycles. The Morgan fingerprint density at radius 2 is 2.07 bits per heavy atom. The van der Waals surface area contributed by atoms with E-state index in [2.05, 4.69) is 21.2 Å². The summed E-state index contributed by atoms with van der Waals surface area (Å²) in [6.45, 7) is 0. The first-order valence-electron chi connectivity index (χ1n) is 3.65. The first-order valence-corrected chi connectivity index (χ1v) is 6.33. The lowest BCUT2D eigenvalue weighted by Crippen LogP contribution is -2.04. The first-order chi connectivity index (χ1) is 6.45. The lowest BCUT2D eigenvalue weighted by molar-refractivity contribution is -0.105. The fourth-order valence-electron chi connectivity index (χ4n) is 0.986. The zero-order chi connectivity index (χ0) is 10.8. The maximum Gasteiger partial charge on any atom is 0.211 e. The zero-order valence-electron chi connectivity index (χ0n) is 7.32. The number of sulfone groups is 1. The molecule has 1 aromatic rings. The molecule has 0 unspecified atom stereocenters. The van der Waals surface area contributed by atoms with Gasteiger partial charge in [-0.15, -0.1) is 0 Å². The van der Waals surface area contributed by atoms with Crippen LogP contribution >= 0.6 is 15.9 Å². The minimum absolute atomic E-state index is 0.0963. The van der Waals surface area contributed by atoms with Gasteiger partial charge in [-0.05, 0) is 18.2 Å². The van der Waals surface area contributed by atoms with Crippen molar-refractivity contribution in [3.05, 3.63) is 22.7 Å². The summed E-state index contributed by atoms with van der Waals surface area (Å²) in [5.41, 5.74) is 0.283. The molecule has 0 aliphatic heterocycles. The highest BCUT2D eigenvalue weighted by Gasteiger charge is 2.13. The van der Waals surface area contributed by atoms with Crippen LogP contribution < -0.4 is 5.32 Å².